The molecule has 2 aromatic carbocycles. The van der Waals surface area contributed by atoms with Crippen LogP contribution < -0.4 is 5.76 Å². The van der Waals surface area contributed by atoms with E-state index >= 15 is 0 Å². The Balaban J connectivity index is 1.62. The zero-order valence-corrected chi connectivity index (χ0v) is 11.6. The summed E-state index contributed by atoms with van der Waals surface area (Å²) in [5.74, 6) is 0.179. The maximum absolute atomic E-state index is 11.2. The topological polar surface area (TPSA) is 72.0 Å². The van der Waals surface area contributed by atoms with Crippen molar-refractivity contribution in [1.29, 1.82) is 0 Å². The molecule has 0 aliphatic rings. The lowest BCUT2D eigenvalue weighted by Gasteiger charge is -1.97. The number of benzene rings is 2. The quantitative estimate of drug-likeness (QED) is 0.628. The summed E-state index contributed by atoms with van der Waals surface area (Å²) in [6, 6.07) is 15.4. The molecule has 2 heterocycles. The molecule has 0 amide bonds. The van der Waals surface area contributed by atoms with Gasteiger partial charge in [-0.3, -0.25) is 4.98 Å². The average molecular weight is 292 g/mol. The SMILES string of the molecule is O=c1[nH]c2cc(Cc3nc(-c4ccccc4)co3)ccc2o1. The van der Waals surface area contributed by atoms with Gasteiger partial charge in [0, 0.05) is 12.0 Å². The monoisotopic (exact) mass is 292 g/mol. The van der Waals surface area contributed by atoms with Gasteiger partial charge in [0.15, 0.2) is 11.5 Å². The third kappa shape index (κ3) is 2.33. The van der Waals surface area contributed by atoms with Crippen molar-refractivity contribution in [3.05, 3.63) is 76.8 Å². The van der Waals surface area contributed by atoms with Gasteiger partial charge in [-0.1, -0.05) is 36.4 Å². The van der Waals surface area contributed by atoms with Crippen molar-refractivity contribution >= 4 is 11.1 Å². The van der Waals surface area contributed by atoms with E-state index in [2.05, 4.69) is 9.97 Å². The highest BCUT2D eigenvalue weighted by Gasteiger charge is 2.08. The Hall–Kier alpha value is -3.08. The zero-order valence-electron chi connectivity index (χ0n) is 11.6. The second kappa shape index (κ2) is 5.04. The second-order valence-electron chi connectivity index (χ2n) is 5.01. The van der Waals surface area contributed by atoms with Gasteiger partial charge in [-0.2, -0.15) is 0 Å². The molecule has 0 saturated carbocycles. The van der Waals surface area contributed by atoms with Crippen molar-refractivity contribution < 1.29 is 8.83 Å². The Kier molecular flexibility index (Phi) is 2.89. The summed E-state index contributed by atoms with van der Waals surface area (Å²) in [7, 11) is 0. The largest absolute Gasteiger partial charge is 0.448 e. The van der Waals surface area contributed by atoms with Crippen molar-refractivity contribution in [2.24, 2.45) is 0 Å². The van der Waals surface area contributed by atoms with Crippen molar-refractivity contribution in [3.8, 4) is 11.3 Å². The van der Waals surface area contributed by atoms with Crippen LogP contribution in [-0.4, -0.2) is 9.97 Å². The van der Waals surface area contributed by atoms with Gasteiger partial charge in [-0.05, 0) is 17.7 Å². The van der Waals surface area contributed by atoms with E-state index < -0.39 is 5.76 Å². The molecule has 4 rings (SSSR count). The first kappa shape index (κ1) is 12.6. The molecule has 0 atom stereocenters. The van der Waals surface area contributed by atoms with E-state index in [1.54, 1.807) is 12.3 Å². The Bertz CT molecular complexity index is 980. The smallest absolute Gasteiger partial charge is 0.417 e. The minimum Gasteiger partial charge on any atom is -0.448 e. The summed E-state index contributed by atoms with van der Waals surface area (Å²) in [5.41, 5.74) is 4.05. The fourth-order valence-electron chi connectivity index (χ4n) is 2.42. The lowest BCUT2D eigenvalue weighted by atomic mass is 10.1. The molecule has 0 spiro atoms. The molecule has 0 saturated heterocycles. The minimum absolute atomic E-state index is 0.449. The molecule has 2 aromatic heterocycles. The number of nitrogens with zero attached hydrogens (tertiary/aromatic N) is 1. The molecular formula is C17H12N2O3. The van der Waals surface area contributed by atoms with E-state index in [0.29, 0.717) is 23.4 Å². The summed E-state index contributed by atoms with van der Waals surface area (Å²) >= 11 is 0. The fourth-order valence-corrected chi connectivity index (χ4v) is 2.42. The maximum Gasteiger partial charge on any atom is 0.417 e. The number of rotatable bonds is 3. The third-order valence-corrected chi connectivity index (χ3v) is 3.46. The Labute approximate surface area is 125 Å². The lowest BCUT2D eigenvalue weighted by Crippen LogP contribution is -1.93. The van der Waals surface area contributed by atoms with Crippen LogP contribution >= 0.6 is 0 Å². The second-order valence-corrected chi connectivity index (χ2v) is 5.01. The number of aromatic nitrogens is 2. The van der Waals surface area contributed by atoms with Crippen LogP contribution in [0.3, 0.4) is 0 Å². The minimum atomic E-state index is -0.449. The average Bonchev–Trinajstić information content (AvgIpc) is 3.13. The first-order valence-corrected chi connectivity index (χ1v) is 6.89. The summed E-state index contributed by atoms with van der Waals surface area (Å²) in [4.78, 5) is 18.3. The Morgan fingerprint density at radius 3 is 2.82 bits per heavy atom. The standard InChI is InChI=1S/C17H12N2O3/c20-17-19-13-8-11(6-7-15(13)22-17)9-16-18-14(10-21-16)12-4-2-1-3-5-12/h1-8,10H,9H2,(H,19,20). The van der Waals surface area contributed by atoms with Gasteiger partial charge < -0.3 is 8.83 Å². The van der Waals surface area contributed by atoms with Gasteiger partial charge in [-0.25, -0.2) is 9.78 Å². The van der Waals surface area contributed by atoms with Crippen LogP contribution in [0.1, 0.15) is 11.5 Å². The van der Waals surface area contributed by atoms with Gasteiger partial charge in [0.05, 0.1) is 5.52 Å². The summed E-state index contributed by atoms with van der Waals surface area (Å²) in [6.07, 6.45) is 2.21. The molecule has 5 heteroatoms. The van der Waals surface area contributed by atoms with Crippen LogP contribution in [0.4, 0.5) is 0 Å². The van der Waals surface area contributed by atoms with E-state index in [4.69, 9.17) is 8.83 Å². The van der Waals surface area contributed by atoms with Crippen LogP contribution in [0.5, 0.6) is 0 Å². The normalized spacial score (nSPS) is 11.1. The predicted octanol–water partition coefficient (Wildman–Crippen LogP) is 3.37. The van der Waals surface area contributed by atoms with Gasteiger partial charge in [0.25, 0.3) is 0 Å². The fraction of sp³-hybridized carbons (Fsp3) is 0.0588. The molecule has 4 aromatic rings. The zero-order chi connectivity index (χ0) is 14.9. The number of oxazole rings is 2. The molecular weight excluding hydrogens is 280 g/mol. The summed E-state index contributed by atoms with van der Waals surface area (Å²) < 4.78 is 10.5. The van der Waals surface area contributed by atoms with Crippen LogP contribution in [0.2, 0.25) is 0 Å². The Morgan fingerprint density at radius 2 is 1.95 bits per heavy atom. The highest BCUT2D eigenvalue weighted by molar-refractivity contribution is 5.72. The summed E-state index contributed by atoms with van der Waals surface area (Å²) in [5, 5.41) is 0. The van der Waals surface area contributed by atoms with Crippen LogP contribution in [-0.2, 0) is 6.42 Å². The van der Waals surface area contributed by atoms with E-state index in [0.717, 1.165) is 16.8 Å². The number of fused-ring (bicyclic) bond motifs is 1. The molecule has 5 nitrogen and oxygen atoms in total. The predicted molar refractivity (Wildman–Crippen MR) is 81.6 cm³/mol. The maximum atomic E-state index is 11.2. The number of hydrogen-bond donors (Lipinski definition) is 1. The third-order valence-electron chi connectivity index (χ3n) is 3.46. The lowest BCUT2D eigenvalue weighted by molar-refractivity contribution is 0.507. The first-order chi connectivity index (χ1) is 10.8. The Morgan fingerprint density at radius 1 is 1.09 bits per heavy atom. The van der Waals surface area contributed by atoms with Crippen LogP contribution in [0.15, 0.2) is 68.4 Å². The van der Waals surface area contributed by atoms with Crippen molar-refractivity contribution in [2.75, 3.05) is 0 Å². The van der Waals surface area contributed by atoms with E-state index in [9.17, 15) is 4.79 Å². The molecule has 22 heavy (non-hydrogen) atoms. The van der Waals surface area contributed by atoms with Crippen molar-refractivity contribution in [3.63, 3.8) is 0 Å². The molecule has 108 valence electrons. The molecule has 1 N–H and O–H groups in total. The van der Waals surface area contributed by atoms with Gasteiger partial charge in [-0.15, -0.1) is 0 Å². The number of H-pyrrole nitrogens is 1. The molecule has 0 fully saturated rings. The number of hydrogen-bond acceptors (Lipinski definition) is 4. The highest BCUT2D eigenvalue weighted by atomic mass is 16.4. The molecule has 0 aliphatic carbocycles. The van der Waals surface area contributed by atoms with Gasteiger partial charge in [0.1, 0.15) is 12.0 Å². The van der Waals surface area contributed by atoms with E-state index in [1.807, 2.05) is 42.5 Å². The number of nitrogens with one attached hydrogen (secondary N) is 1. The van der Waals surface area contributed by atoms with Gasteiger partial charge >= 0.3 is 5.76 Å². The van der Waals surface area contributed by atoms with E-state index in [1.165, 1.54) is 0 Å². The molecule has 0 unspecified atom stereocenters. The van der Waals surface area contributed by atoms with Crippen LogP contribution in [0.25, 0.3) is 22.4 Å². The summed E-state index contributed by atoms with van der Waals surface area (Å²) in [6.45, 7) is 0. The highest BCUT2D eigenvalue weighted by Crippen LogP contribution is 2.20. The molecule has 0 bridgehead atoms. The number of aromatic amines is 1. The van der Waals surface area contributed by atoms with Crippen LogP contribution in [0, 0.1) is 0 Å². The van der Waals surface area contributed by atoms with E-state index in [-0.39, 0.29) is 0 Å². The molecule has 0 radical (unpaired) electrons. The van der Waals surface area contributed by atoms with Gasteiger partial charge in [0.2, 0.25) is 0 Å². The van der Waals surface area contributed by atoms with Crippen molar-refractivity contribution in [1.82, 2.24) is 9.97 Å². The first-order valence-electron chi connectivity index (χ1n) is 6.89. The van der Waals surface area contributed by atoms with Crippen molar-refractivity contribution in [2.45, 2.75) is 6.42 Å². The molecule has 0 aliphatic heterocycles.